The Kier molecular flexibility index (Phi) is 3.97. The molecule has 1 heterocycles. The molecule has 1 aromatic carbocycles. The number of morpholine rings is 1. The third kappa shape index (κ3) is 2.70. The molecular weight excluding hydrogens is 233 g/mol. The molecule has 1 aromatic rings. The van der Waals surface area contributed by atoms with Crippen molar-refractivity contribution in [1.82, 2.24) is 4.90 Å². The van der Waals surface area contributed by atoms with Gasteiger partial charge in [-0.2, -0.15) is 0 Å². The molecule has 0 bridgehead atoms. The van der Waals surface area contributed by atoms with Gasteiger partial charge in [-0.1, -0.05) is 6.92 Å². The van der Waals surface area contributed by atoms with Gasteiger partial charge in [-0.15, -0.1) is 0 Å². The van der Waals surface area contributed by atoms with Crippen LogP contribution in [0.3, 0.4) is 0 Å². The van der Waals surface area contributed by atoms with E-state index in [1.807, 2.05) is 13.8 Å². The van der Waals surface area contributed by atoms with Crippen LogP contribution >= 0.6 is 0 Å². The van der Waals surface area contributed by atoms with Crippen molar-refractivity contribution in [3.8, 4) is 0 Å². The van der Waals surface area contributed by atoms with Gasteiger partial charge in [0.1, 0.15) is 5.82 Å². The Labute approximate surface area is 107 Å². The summed E-state index contributed by atoms with van der Waals surface area (Å²) < 4.78 is 18.7. The molecule has 18 heavy (non-hydrogen) atoms. The maximum atomic E-state index is 13.4. The summed E-state index contributed by atoms with van der Waals surface area (Å²) in [6, 6.07) is 4.59. The molecular formula is C14H18FNO2. The van der Waals surface area contributed by atoms with Crippen LogP contribution in [-0.4, -0.2) is 36.6 Å². The molecule has 4 heteroatoms. The SMILES string of the molecule is CCc1cc(F)cc(C(=O)N2CCOCC2C)c1. The first-order valence-electron chi connectivity index (χ1n) is 6.30. The van der Waals surface area contributed by atoms with E-state index in [0.717, 1.165) is 12.0 Å². The molecule has 0 radical (unpaired) electrons. The van der Waals surface area contributed by atoms with Crippen molar-refractivity contribution in [3.63, 3.8) is 0 Å². The minimum Gasteiger partial charge on any atom is -0.377 e. The molecule has 3 nitrogen and oxygen atoms in total. The van der Waals surface area contributed by atoms with Crippen LogP contribution in [0.5, 0.6) is 0 Å². The Morgan fingerprint density at radius 1 is 1.50 bits per heavy atom. The van der Waals surface area contributed by atoms with E-state index in [1.54, 1.807) is 11.0 Å². The van der Waals surface area contributed by atoms with Gasteiger partial charge in [0.25, 0.3) is 5.91 Å². The molecule has 1 aliphatic rings. The Morgan fingerprint density at radius 3 is 2.94 bits per heavy atom. The molecule has 1 unspecified atom stereocenters. The average Bonchev–Trinajstić information content (AvgIpc) is 2.37. The quantitative estimate of drug-likeness (QED) is 0.807. The summed E-state index contributed by atoms with van der Waals surface area (Å²) in [7, 11) is 0. The van der Waals surface area contributed by atoms with Gasteiger partial charge >= 0.3 is 0 Å². The summed E-state index contributed by atoms with van der Waals surface area (Å²) >= 11 is 0. The van der Waals surface area contributed by atoms with Gasteiger partial charge in [0.2, 0.25) is 0 Å². The Hall–Kier alpha value is -1.42. The van der Waals surface area contributed by atoms with Crippen LogP contribution in [-0.2, 0) is 11.2 Å². The molecule has 1 atom stereocenters. The first-order valence-corrected chi connectivity index (χ1v) is 6.30. The van der Waals surface area contributed by atoms with E-state index >= 15 is 0 Å². The zero-order valence-corrected chi connectivity index (χ0v) is 10.8. The highest BCUT2D eigenvalue weighted by Gasteiger charge is 2.25. The van der Waals surface area contributed by atoms with E-state index in [-0.39, 0.29) is 17.8 Å². The third-order valence-electron chi connectivity index (χ3n) is 3.24. The van der Waals surface area contributed by atoms with Crippen molar-refractivity contribution in [3.05, 3.63) is 35.1 Å². The average molecular weight is 251 g/mol. The highest BCUT2D eigenvalue weighted by molar-refractivity contribution is 5.94. The fourth-order valence-corrected chi connectivity index (χ4v) is 2.17. The van der Waals surface area contributed by atoms with Crippen LogP contribution in [0.25, 0.3) is 0 Å². The normalized spacial score (nSPS) is 19.9. The van der Waals surface area contributed by atoms with Gasteiger partial charge in [0.15, 0.2) is 0 Å². The second kappa shape index (κ2) is 5.48. The monoisotopic (exact) mass is 251 g/mol. The Morgan fingerprint density at radius 2 is 2.28 bits per heavy atom. The van der Waals surface area contributed by atoms with Crippen LogP contribution in [0.15, 0.2) is 18.2 Å². The van der Waals surface area contributed by atoms with Gasteiger partial charge in [-0.05, 0) is 37.1 Å². The number of rotatable bonds is 2. The number of benzene rings is 1. The number of hydrogen-bond donors (Lipinski definition) is 0. The van der Waals surface area contributed by atoms with Crippen LogP contribution in [0.4, 0.5) is 4.39 Å². The summed E-state index contributed by atoms with van der Waals surface area (Å²) in [5.74, 6) is -0.460. The number of hydrogen-bond acceptors (Lipinski definition) is 2. The van der Waals surface area contributed by atoms with Crippen molar-refractivity contribution in [2.24, 2.45) is 0 Å². The summed E-state index contributed by atoms with van der Waals surface area (Å²) in [6.45, 7) is 5.54. The third-order valence-corrected chi connectivity index (χ3v) is 3.24. The minimum atomic E-state index is -0.349. The highest BCUT2D eigenvalue weighted by atomic mass is 19.1. The predicted molar refractivity (Wildman–Crippen MR) is 67.1 cm³/mol. The van der Waals surface area contributed by atoms with Crippen LogP contribution in [0.1, 0.15) is 29.8 Å². The summed E-state index contributed by atoms with van der Waals surface area (Å²) in [5, 5.41) is 0. The topological polar surface area (TPSA) is 29.5 Å². The standard InChI is InChI=1S/C14H18FNO2/c1-3-11-6-12(8-13(15)7-11)14(17)16-4-5-18-9-10(16)2/h6-8,10H,3-5,9H2,1-2H3. The van der Waals surface area contributed by atoms with Crippen molar-refractivity contribution in [2.45, 2.75) is 26.3 Å². The van der Waals surface area contributed by atoms with Crippen molar-refractivity contribution < 1.29 is 13.9 Å². The van der Waals surface area contributed by atoms with E-state index in [1.165, 1.54) is 12.1 Å². The van der Waals surface area contributed by atoms with E-state index in [2.05, 4.69) is 0 Å². The van der Waals surface area contributed by atoms with E-state index in [0.29, 0.717) is 25.3 Å². The van der Waals surface area contributed by atoms with Gasteiger partial charge in [-0.3, -0.25) is 4.79 Å². The minimum absolute atomic E-state index is 0.0413. The number of ether oxygens (including phenoxy) is 1. The zero-order chi connectivity index (χ0) is 13.1. The summed E-state index contributed by atoms with van der Waals surface area (Å²) in [4.78, 5) is 14.1. The maximum absolute atomic E-state index is 13.4. The van der Waals surface area contributed by atoms with E-state index in [9.17, 15) is 9.18 Å². The Bertz CT molecular complexity index is 447. The molecule has 1 fully saturated rings. The first kappa shape index (κ1) is 13.0. The fraction of sp³-hybridized carbons (Fsp3) is 0.500. The number of nitrogens with zero attached hydrogens (tertiary/aromatic N) is 1. The Balaban J connectivity index is 2.24. The highest BCUT2D eigenvalue weighted by Crippen LogP contribution is 2.15. The molecule has 2 rings (SSSR count). The molecule has 0 N–H and O–H groups in total. The second-order valence-electron chi connectivity index (χ2n) is 4.62. The van der Waals surface area contributed by atoms with Crippen LogP contribution in [0.2, 0.25) is 0 Å². The molecule has 0 aromatic heterocycles. The molecule has 0 aliphatic carbocycles. The molecule has 0 saturated carbocycles. The molecule has 98 valence electrons. The summed E-state index contributed by atoms with van der Waals surface area (Å²) in [5.41, 5.74) is 1.28. The lowest BCUT2D eigenvalue weighted by Gasteiger charge is -2.33. The van der Waals surface area contributed by atoms with Crippen LogP contribution < -0.4 is 0 Å². The number of carbonyl (C=O) groups excluding carboxylic acids is 1. The second-order valence-corrected chi connectivity index (χ2v) is 4.62. The van der Waals surface area contributed by atoms with Gasteiger partial charge in [0.05, 0.1) is 19.3 Å². The molecule has 1 saturated heterocycles. The number of amides is 1. The molecule has 1 aliphatic heterocycles. The largest absolute Gasteiger partial charge is 0.377 e. The maximum Gasteiger partial charge on any atom is 0.254 e. The van der Waals surface area contributed by atoms with Crippen LogP contribution in [0, 0.1) is 5.82 Å². The van der Waals surface area contributed by atoms with Gasteiger partial charge in [0, 0.05) is 12.1 Å². The first-order chi connectivity index (χ1) is 8.61. The van der Waals surface area contributed by atoms with Gasteiger partial charge in [-0.25, -0.2) is 4.39 Å². The predicted octanol–water partition coefficient (Wildman–Crippen LogP) is 2.25. The number of carbonyl (C=O) groups is 1. The lowest BCUT2D eigenvalue weighted by molar-refractivity contribution is 0.00357. The van der Waals surface area contributed by atoms with Gasteiger partial charge < -0.3 is 9.64 Å². The zero-order valence-electron chi connectivity index (χ0n) is 10.8. The van der Waals surface area contributed by atoms with Crippen molar-refractivity contribution >= 4 is 5.91 Å². The van der Waals surface area contributed by atoms with Crippen molar-refractivity contribution in [1.29, 1.82) is 0 Å². The lowest BCUT2D eigenvalue weighted by atomic mass is 10.1. The number of halogens is 1. The molecule has 1 amide bonds. The van der Waals surface area contributed by atoms with E-state index < -0.39 is 0 Å². The smallest absolute Gasteiger partial charge is 0.254 e. The van der Waals surface area contributed by atoms with Crippen molar-refractivity contribution in [2.75, 3.05) is 19.8 Å². The lowest BCUT2D eigenvalue weighted by Crippen LogP contribution is -2.47. The number of aryl methyl sites for hydroxylation is 1. The van der Waals surface area contributed by atoms with E-state index in [4.69, 9.17) is 4.74 Å². The fourth-order valence-electron chi connectivity index (χ4n) is 2.17. The molecule has 0 spiro atoms. The summed E-state index contributed by atoms with van der Waals surface area (Å²) in [6.07, 6.45) is 0.719.